The average molecular weight is 368 g/mol. The van der Waals surface area contributed by atoms with Crippen LogP contribution in [0.25, 0.3) is 6.08 Å². The van der Waals surface area contributed by atoms with E-state index in [1.807, 2.05) is 63.2 Å². The van der Waals surface area contributed by atoms with Crippen molar-refractivity contribution in [3.05, 3.63) is 66.0 Å². The number of ether oxygens (including phenoxy) is 2. The van der Waals surface area contributed by atoms with Crippen LogP contribution in [-0.4, -0.2) is 29.0 Å². The largest absolute Gasteiger partial charge is 0.487 e. The summed E-state index contributed by atoms with van der Waals surface area (Å²) in [5.74, 6) is -0.201. The Hall–Kier alpha value is -3.15. The van der Waals surface area contributed by atoms with Gasteiger partial charge in [0.05, 0.1) is 5.69 Å². The van der Waals surface area contributed by atoms with Crippen LogP contribution in [0, 0.1) is 0 Å². The highest BCUT2D eigenvalue weighted by molar-refractivity contribution is 5.89. The highest BCUT2D eigenvalue weighted by atomic mass is 16.5. The minimum Gasteiger partial charge on any atom is -0.487 e. The molecule has 142 valence electrons. The smallest absolute Gasteiger partial charge is 0.331 e. The van der Waals surface area contributed by atoms with Gasteiger partial charge in [-0.15, -0.1) is 0 Å². The third-order valence-electron chi connectivity index (χ3n) is 3.26. The van der Waals surface area contributed by atoms with Crippen molar-refractivity contribution in [2.24, 2.45) is 0 Å². The zero-order valence-electron chi connectivity index (χ0n) is 15.8. The predicted molar refractivity (Wildman–Crippen MR) is 103 cm³/mol. The van der Waals surface area contributed by atoms with Crippen LogP contribution in [0.3, 0.4) is 0 Å². The first-order chi connectivity index (χ1) is 12.8. The van der Waals surface area contributed by atoms with E-state index < -0.39 is 5.97 Å². The van der Waals surface area contributed by atoms with Gasteiger partial charge in [0, 0.05) is 17.8 Å². The van der Waals surface area contributed by atoms with E-state index in [-0.39, 0.29) is 18.1 Å². The van der Waals surface area contributed by atoms with E-state index in [9.17, 15) is 9.59 Å². The number of hydrogen-bond donors (Lipinski definition) is 1. The molecule has 1 amide bonds. The van der Waals surface area contributed by atoms with E-state index in [2.05, 4.69) is 10.3 Å². The van der Waals surface area contributed by atoms with Gasteiger partial charge in [0.1, 0.15) is 12.4 Å². The van der Waals surface area contributed by atoms with E-state index in [0.29, 0.717) is 12.4 Å². The maximum Gasteiger partial charge on any atom is 0.331 e. The average Bonchev–Trinajstić information content (AvgIpc) is 2.63. The van der Waals surface area contributed by atoms with Crippen LogP contribution in [0.2, 0.25) is 0 Å². The van der Waals surface area contributed by atoms with E-state index in [1.54, 1.807) is 12.3 Å². The van der Waals surface area contributed by atoms with Crippen LogP contribution in [0.1, 0.15) is 32.0 Å². The first-order valence-corrected chi connectivity index (χ1v) is 8.60. The molecule has 0 spiro atoms. The molecule has 0 aliphatic rings. The van der Waals surface area contributed by atoms with Crippen molar-refractivity contribution in [2.45, 2.75) is 32.9 Å². The minimum atomic E-state index is -0.575. The molecule has 0 saturated carbocycles. The quantitative estimate of drug-likeness (QED) is 0.600. The molecule has 6 heteroatoms. The topological polar surface area (TPSA) is 77.5 Å². The second kappa shape index (κ2) is 9.52. The number of amides is 1. The second-order valence-corrected chi connectivity index (χ2v) is 6.92. The Labute approximate surface area is 159 Å². The van der Waals surface area contributed by atoms with Crippen LogP contribution >= 0.6 is 0 Å². The van der Waals surface area contributed by atoms with E-state index in [1.165, 1.54) is 6.08 Å². The maximum absolute atomic E-state index is 11.7. The molecule has 1 N–H and O–H groups in total. The molecule has 0 saturated heterocycles. The molecule has 2 aromatic rings. The van der Waals surface area contributed by atoms with Gasteiger partial charge < -0.3 is 14.8 Å². The van der Waals surface area contributed by atoms with Crippen molar-refractivity contribution in [1.29, 1.82) is 0 Å². The first kappa shape index (κ1) is 20.2. The highest BCUT2D eigenvalue weighted by Crippen LogP contribution is 2.14. The van der Waals surface area contributed by atoms with Gasteiger partial charge in [-0.2, -0.15) is 0 Å². The van der Waals surface area contributed by atoms with Crippen molar-refractivity contribution in [3.8, 4) is 5.75 Å². The molecule has 0 fully saturated rings. The standard InChI is InChI=1S/C21H24N2O4/c1-21(2,3)23-19(24)15-27-20(25)12-9-16-7-10-18(11-8-16)26-14-17-6-4-5-13-22-17/h4-13H,14-15H2,1-3H3,(H,23,24). The molecule has 0 radical (unpaired) electrons. The van der Waals surface area contributed by atoms with Crippen LogP contribution in [-0.2, 0) is 20.9 Å². The molecule has 6 nitrogen and oxygen atoms in total. The maximum atomic E-state index is 11.7. The Morgan fingerprint density at radius 1 is 1.11 bits per heavy atom. The summed E-state index contributed by atoms with van der Waals surface area (Å²) in [6.45, 7) is 5.66. The lowest BCUT2D eigenvalue weighted by Gasteiger charge is -2.20. The SMILES string of the molecule is CC(C)(C)NC(=O)COC(=O)C=Cc1ccc(OCc2ccccn2)cc1. The molecule has 0 aliphatic heterocycles. The summed E-state index contributed by atoms with van der Waals surface area (Å²) in [7, 11) is 0. The summed E-state index contributed by atoms with van der Waals surface area (Å²) in [5.41, 5.74) is 1.30. The Morgan fingerprint density at radius 3 is 2.48 bits per heavy atom. The fourth-order valence-electron chi connectivity index (χ4n) is 2.12. The van der Waals surface area contributed by atoms with Crippen molar-refractivity contribution < 1.29 is 19.1 Å². The Bertz CT molecular complexity index is 778. The molecule has 0 unspecified atom stereocenters. The number of carbonyl (C=O) groups is 2. The van der Waals surface area contributed by atoms with Gasteiger partial charge in [-0.05, 0) is 56.7 Å². The number of nitrogens with one attached hydrogen (secondary N) is 1. The van der Waals surface area contributed by atoms with Gasteiger partial charge in [0.25, 0.3) is 5.91 Å². The molecule has 2 rings (SSSR count). The third kappa shape index (κ3) is 8.18. The molecule has 0 atom stereocenters. The number of hydrogen-bond acceptors (Lipinski definition) is 5. The number of aromatic nitrogens is 1. The molecule has 27 heavy (non-hydrogen) atoms. The van der Waals surface area contributed by atoms with Crippen LogP contribution < -0.4 is 10.1 Å². The molecular formula is C21H24N2O4. The van der Waals surface area contributed by atoms with Crippen LogP contribution in [0.15, 0.2) is 54.7 Å². The molecule has 1 heterocycles. The summed E-state index contributed by atoms with van der Waals surface area (Å²) < 4.78 is 10.6. The number of esters is 1. The van der Waals surface area contributed by atoms with Crippen molar-refractivity contribution in [3.63, 3.8) is 0 Å². The number of carbonyl (C=O) groups excluding carboxylic acids is 2. The van der Waals surface area contributed by atoms with Gasteiger partial charge in [-0.1, -0.05) is 18.2 Å². The number of nitrogens with zero attached hydrogens (tertiary/aromatic N) is 1. The monoisotopic (exact) mass is 368 g/mol. The van der Waals surface area contributed by atoms with Crippen molar-refractivity contribution >= 4 is 18.0 Å². The number of rotatable bonds is 7. The van der Waals surface area contributed by atoms with E-state index in [4.69, 9.17) is 9.47 Å². The fraction of sp³-hybridized carbons (Fsp3) is 0.286. The van der Waals surface area contributed by atoms with Gasteiger partial charge in [0.15, 0.2) is 6.61 Å². The lowest BCUT2D eigenvalue weighted by molar-refractivity contribution is -0.144. The number of pyridine rings is 1. The molecule has 1 aromatic carbocycles. The van der Waals surface area contributed by atoms with Gasteiger partial charge >= 0.3 is 5.97 Å². The number of benzene rings is 1. The Kier molecular flexibility index (Phi) is 7.11. The normalized spacial score (nSPS) is 11.2. The predicted octanol–water partition coefficient (Wildman–Crippen LogP) is 3.13. The van der Waals surface area contributed by atoms with Crippen molar-refractivity contribution in [1.82, 2.24) is 10.3 Å². The molecule has 0 aliphatic carbocycles. The summed E-state index contributed by atoms with van der Waals surface area (Å²) in [4.78, 5) is 27.5. The Balaban J connectivity index is 1.77. The lowest BCUT2D eigenvalue weighted by Crippen LogP contribution is -2.42. The summed E-state index contributed by atoms with van der Waals surface area (Å²) in [6.07, 6.45) is 4.62. The third-order valence-corrected chi connectivity index (χ3v) is 3.26. The lowest BCUT2D eigenvalue weighted by atomic mass is 10.1. The minimum absolute atomic E-state index is 0.305. The summed E-state index contributed by atoms with van der Waals surface area (Å²) >= 11 is 0. The molecular weight excluding hydrogens is 344 g/mol. The summed E-state index contributed by atoms with van der Waals surface area (Å²) in [5, 5.41) is 2.72. The highest BCUT2D eigenvalue weighted by Gasteiger charge is 2.14. The molecule has 1 aromatic heterocycles. The second-order valence-electron chi connectivity index (χ2n) is 6.92. The van der Waals surface area contributed by atoms with Crippen LogP contribution in [0.5, 0.6) is 5.75 Å². The molecule has 0 bridgehead atoms. The first-order valence-electron chi connectivity index (χ1n) is 8.60. The van der Waals surface area contributed by atoms with Crippen molar-refractivity contribution in [2.75, 3.05) is 6.61 Å². The van der Waals surface area contributed by atoms with E-state index >= 15 is 0 Å². The zero-order chi connectivity index (χ0) is 19.7. The van der Waals surface area contributed by atoms with Gasteiger partial charge in [-0.3, -0.25) is 9.78 Å². The van der Waals surface area contributed by atoms with Crippen LogP contribution in [0.4, 0.5) is 0 Å². The Morgan fingerprint density at radius 2 is 1.85 bits per heavy atom. The fourth-order valence-corrected chi connectivity index (χ4v) is 2.12. The van der Waals surface area contributed by atoms with Gasteiger partial charge in [-0.25, -0.2) is 4.79 Å². The van der Waals surface area contributed by atoms with E-state index in [0.717, 1.165) is 11.3 Å². The summed E-state index contributed by atoms with van der Waals surface area (Å²) in [6, 6.07) is 12.9. The zero-order valence-corrected chi connectivity index (χ0v) is 15.8. The van der Waals surface area contributed by atoms with Gasteiger partial charge in [0.2, 0.25) is 0 Å².